The molecule has 0 radical (unpaired) electrons. The predicted molar refractivity (Wildman–Crippen MR) is 104 cm³/mol. The summed E-state index contributed by atoms with van der Waals surface area (Å²) in [5.41, 5.74) is 4.02. The van der Waals surface area contributed by atoms with Gasteiger partial charge >= 0.3 is 11.8 Å². The molecule has 0 bridgehead atoms. The van der Waals surface area contributed by atoms with E-state index in [1.807, 2.05) is 30.3 Å². The maximum absolute atomic E-state index is 12.3. The number of hydrogen-bond donors (Lipinski definition) is 3. The lowest BCUT2D eigenvalue weighted by Gasteiger charge is -2.30. The van der Waals surface area contributed by atoms with Gasteiger partial charge in [-0.3, -0.25) is 10.1 Å². The number of esters is 1. The number of nitrogens with one attached hydrogen (secondary N) is 2. The normalized spacial score (nSPS) is 25.5. The number of aromatic amines is 1. The first kappa shape index (κ1) is 17.2. The Balaban J connectivity index is 1.62. The molecular weight excluding hydrogens is 359 g/mol. The van der Waals surface area contributed by atoms with Crippen LogP contribution in [0, 0.1) is 0 Å². The molecule has 2 aromatic carbocycles. The van der Waals surface area contributed by atoms with Crippen LogP contribution in [0.15, 0.2) is 42.5 Å². The SMILES string of the molecule is BC1(O)Oc2ccc([C@H]3N[C@@H](C(=O)OC)Cc4c3[nH]c3ccccc43)cc2O1. The second kappa shape index (κ2) is 6.02. The summed E-state index contributed by atoms with van der Waals surface area (Å²) in [5, 5.41) is 14.5. The first-order valence-electron chi connectivity index (χ1n) is 9.13. The molecule has 1 aromatic heterocycles. The standard InChI is InChI=1S/C20H19BN2O5/c1-26-19(24)14-9-12-11-4-2-3-5-13(11)22-18(12)17(23-14)10-6-7-15-16(8-10)28-20(21,25)27-15/h2-8,14,17,22-23,25H,9,21H2,1H3/t14-,17-,20?/m1/s1. The van der Waals surface area contributed by atoms with E-state index in [0.717, 1.165) is 27.7 Å². The lowest BCUT2D eigenvalue weighted by molar-refractivity contribution is -0.178. The van der Waals surface area contributed by atoms with E-state index in [0.29, 0.717) is 17.9 Å². The number of para-hydroxylation sites is 1. The van der Waals surface area contributed by atoms with Gasteiger partial charge in [0.1, 0.15) is 6.04 Å². The smallest absolute Gasteiger partial charge is 0.323 e. The van der Waals surface area contributed by atoms with E-state index in [9.17, 15) is 9.90 Å². The van der Waals surface area contributed by atoms with Gasteiger partial charge < -0.3 is 24.3 Å². The maximum Gasteiger partial charge on any atom is 0.323 e. The third-order valence-corrected chi connectivity index (χ3v) is 5.30. The van der Waals surface area contributed by atoms with Crippen LogP contribution < -0.4 is 14.8 Å². The van der Waals surface area contributed by atoms with Gasteiger partial charge in [-0.25, -0.2) is 0 Å². The predicted octanol–water partition coefficient (Wildman–Crippen LogP) is 0.952. The monoisotopic (exact) mass is 378 g/mol. The molecule has 3 aromatic rings. The van der Waals surface area contributed by atoms with E-state index in [1.54, 1.807) is 6.07 Å². The van der Waals surface area contributed by atoms with Crippen molar-refractivity contribution in [2.24, 2.45) is 0 Å². The minimum Gasteiger partial charge on any atom is -0.468 e. The van der Waals surface area contributed by atoms with Gasteiger partial charge in [-0.1, -0.05) is 24.3 Å². The third kappa shape index (κ3) is 2.64. The molecule has 3 N–H and O–H groups in total. The second-order valence-corrected chi connectivity index (χ2v) is 7.25. The summed E-state index contributed by atoms with van der Waals surface area (Å²) in [6.45, 7) is 0. The quantitative estimate of drug-likeness (QED) is 0.454. The van der Waals surface area contributed by atoms with Crippen molar-refractivity contribution >= 4 is 24.7 Å². The van der Waals surface area contributed by atoms with Gasteiger partial charge in [0.25, 0.3) is 7.85 Å². The van der Waals surface area contributed by atoms with Crippen LogP contribution in [-0.4, -0.2) is 42.9 Å². The van der Waals surface area contributed by atoms with Gasteiger partial charge in [0.2, 0.25) is 0 Å². The Bertz CT molecular complexity index is 1090. The van der Waals surface area contributed by atoms with Crippen LogP contribution in [0.25, 0.3) is 10.9 Å². The molecule has 1 unspecified atom stereocenters. The Morgan fingerprint density at radius 3 is 2.86 bits per heavy atom. The van der Waals surface area contributed by atoms with Gasteiger partial charge in [-0.15, -0.1) is 0 Å². The Morgan fingerprint density at radius 2 is 2.04 bits per heavy atom. The van der Waals surface area contributed by atoms with Crippen molar-refractivity contribution in [2.75, 3.05) is 7.11 Å². The number of hydrogen-bond acceptors (Lipinski definition) is 6. The van der Waals surface area contributed by atoms with E-state index in [4.69, 9.17) is 14.2 Å². The molecule has 0 saturated heterocycles. The molecule has 0 aliphatic carbocycles. The molecule has 0 spiro atoms. The lowest BCUT2D eigenvalue weighted by atomic mass is 9.90. The third-order valence-electron chi connectivity index (χ3n) is 5.30. The number of aliphatic hydroxyl groups is 1. The number of H-pyrrole nitrogens is 1. The molecule has 3 atom stereocenters. The largest absolute Gasteiger partial charge is 0.468 e. The molecule has 2 aliphatic rings. The summed E-state index contributed by atoms with van der Waals surface area (Å²) in [7, 11) is 2.83. The minimum atomic E-state index is -1.68. The summed E-state index contributed by atoms with van der Waals surface area (Å²) in [4.78, 5) is 15.8. The summed E-state index contributed by atoms with van der Waals surface area (Å²) in [6, 6.07) is 12.8. The van der Waals surface area contributed by atoms with Gasteiger partial charge in [0.05, 0.1) is 13.2 Å². The van der Waals surface area contributed by atoms with Crippen molar-refractivity contribution in [3.05, 3.63) is 59.3 Å². The first-order chi connectivity index (χ1) is 13.4. The molecule has 142 valence electrons. The van der Waals surface area contributed by atoms with Gasteiger partial charge in [0.15, 0.2) is 11.5 Å². The van der Waals surface area contributed by atoms with E-state index in [1.165, 1.54) is 15.0 Å². The average Bonchev–Trinajstić information content (AvgIpc) is 3.21. The number of rotatable bonds is 2. The molecule has 5 rings (SSSR count). The number of aromatic nitrogens is 1. The number of carbonyl (C=O) groups is 1. The summed E-state index contributed by atoms with van der Waals surface area (Å²) >= 11 is 0. The molecule has 8 heteroatoms. The maximum atomic E-state index is 12.3. The summed E-state index contributed by atoms with van der Waals surface area (Å²) in [5.74, 6) is -1.04. The van der Waals surface area contributed by atoms with Crippen molar-refractivity contribution in [3.8, 4) is 11.5 Å². The summed E-state index contributed by atoms with van der Waals surface area (Å²) < 4.78 is 15.8. The number of benzene rings is 2. The lowest BCUT2D eigenvalue weighted by Crippen LogP contribution is -2.45. The van der Waals surface area contributed by atoms with Crippen LogP contribution in [0.1, 0.15) is 22.9 Å². The van der Waals surface area contributed by atoms with Crippen LogP contribution in [0.2, 0.25) is 0 Å². The highest BCUT2D eigenvalue weighted by atomic mass is 16.8. The first-order valence-corrected chi connectivity index (χ1v) is 9.13. The van der Waals surface area contributed by atoms with Gasteiger partial charge in [0, 0.05) is 23.0 Å². The Kier molecular flexibility index (Phi) is 3.69. The number of ether oxygens (including phenoxy) is 3. The fourth-order valence-electron chi connectivity index (χ4n) is 4.09. The highest BCUT2D eigenvalue weighted by Gasteiger charge is 2.37. The number of carbonyl (C=O) groups excluding carboxylic acids is 1. The Hall–Kier alpha value is -2.97. The van der Waals surface area contributed by atoms with Crippen LogP contribution in [0.3, 0.4) is 0 Å². The van der Waals surface area contributed by atoms with E-state index >= 15 is 0 Å². The van der Waals surface area contributed by atoms with Gasteiger partial charge in [-0.05, 0) is 29.3 Å². The fourth-order valence-corrected chi connectivity index (χ4v) is 4.09. The van der Waals surface area contributed by atoms with Crippen molar-refractivity contribution in [3.63, 3.8) is 0 Å². The van der Waals surface area contributed by atoms with Crippen LogP contribution in [0.5, 0.6) is 11.5 Å². The van der Waals surface area contributed by atoms with Crippen LogP contribution >= 0.6 is 0 Å². The summed E-state index contributed by atoms with van der Waals surface area (Å²) in [6.07, 6.45) is 0.543. The molecule has 3 heterocycles. The highest BCUT2D eigenvalue weighted by Crippen LogP contribution is 2.42. The van der Waals surface area contributed by atoms with E-state index in [-0.39, 0.29) is 12.0 Å². The molecule has 7 nitrogen and oxygen atoms in total. The number of methoxy groups -OCH3 is 1. The van der Waals surface area contributed by atoms with E-state index < -0.39 is 11.9 Å². The zero-order chi connectivity index (χ0) is 19.5. The van der Waals surface area contributed by atoms with Crippen LogP contribution in [-0.2, 0) is 16.0 Å². The minimum absolute atomic E-state index is 0.264. The zero-order valence-corrected chi connectivity index (χ0v) is 15.5. The Morgan fingerprint density at radius 1 is 1.25 bits per heavy atom. The second-order valence-electron chi connectivity index (χ2n) is 7.25. The number of fused-ring (bicyclic) bond motifs is 4. The van der Waals surface area contributed by atoms with E-state index in [2.05, 4.69) is 16.4 Å². The average molecular weight is 378 g/mol. The van der Waals surface area contributed by atoms with Crippen molar-refractivity contribution in [1.29, 1.82) is 0 Å². The van der Waals surface area contributed by atoms with Crippen molar-refractivity contribution in [1.82, 2.24) is 10.3 Å². The topological polar surface area (TPSA) is 92.8 Å². The molecule has 2 aliphatic heterocycles. The molecule has 28 heavy (non-hydrogen) atoms. The fraction of sp³-hybridized carbons (Fsp3) is 0.250. The molecule has 0 amide bonds. The molecule has 0 fully saturated rings. The zero-order valence-electron chi connectivity index (χ0n) is 15.5. The van der Waals surface area contributed by atoms with Crippen molar-refractivity contribution in [2.45, 2.75) is 24.4 Å². The van der Waals surface area contributed by atoms with Crippen LogP contribution in [0.4, 0.5) is 0 Å². The molecule has 0 saturated carbocycles. The Labute approximate surface area is 162 Å². The van der Waals surface area contributed by atoms with Gasteiger partial charge in [-0.2, -0.15) is 0 Å². The van der Waals surface area contributed by atoms with Crippen molar-refractivity contribution < 1.29 is 24.1 Å². The molecular formula is C20H19BN2O5. The highest BCUT2D eigenvalue weighted by molar-refractivity contribution is 6.12.